The van der Waals surface area contributed by atoms with Gasteiger partial charge in [-0.3, -0.25) is 5.32 Å². The molecule has 2 heteroatoms. The molecule has 0 unspecified atom stereocenters. The third-order valence-corrected chi connectivity index (χ3v) is 3.29. The number of nitrogens with one attached hydrogen (secondary N) is 1. The molecule has 1 aliphatic heterocycles. The summed E-state index contributed by atoms with van der Waals surface area (Å²) in [6, 6.07) is 6.66. The van der Waals surface area contributed by atoms with Gasteiger partial charge in [0.2, 0.25) is 0 Å². The molecule has 0 saturated carbocycles. The molecule has 1 aliphatic rings. The van der Waals surface area contributed by atoms with E-state index in [1.165, 1.54) is 16.8 Å². The summed E-state index contributed by atoms with van der Waals surface area (Å²) in [4.78, 5) is 2.24. The number of benzene rings is 1. The van der Waals surface area contributed by atoms with Crippen LogP contribution in [0.2, 0.25) is 0 Å². The van der Waals surface area contributed by atoms with Crippen LogP contribution in [-0.4, -0.2) is 13.1 Å². The minimum atomic E-state index is 0.547. The van der Waals surface area contributed by atoms with Gasteiger partial charge in [-0.1, -0.05) is 45.9 Å². The van der Waals surface area contributed by atoms with Gasteiger partial charge in [0, 0.05) is 18.8 Å². The van der Waals surface area contributed by atoms with Crippen molar-refractivity contribution in [2.45, 2.75) is 39.5 Å². The molecule has 0 amide bonds. The third-order valence-electron chi connectivity index (χ3n) is 3.29. The van der Waals surface area contributed by atoms with E-state index in [1.807, 2.05) is 0 Å². The lowest BCUT2D eigenvalue weighted by Gasteiger charge is -2.26. The molecular weight excluding hydrogens is 208 g/mol. The minimum absolute atomic E-state index is 0.547. The van der Waals surface area contributed by atoms with Gasteiger partial charge in [-0.25, -0.2) is 0 Å². The highest BCUT2D eigenvalue weighted by molar-refractivity contribution is 5.63. The van der Waals surface area contributed by atoms with Gasteiger partial charge in [0.15, 0.2) is 6.67 Å². The van der Waals surface area contributed by atoms with E-state index >= 15 is 0 Å². The lowest BCUT2D eigenvalue weighted by Crippen LogP contribution is -2.20. The van der Waals surface area contributed by atoms with Gasteiger partial charge in [-0.2, -0.15) is 0 Å². The summed E-state index contributed by atoms with van der Waals surface area (Å²) in [7, 11) is 0. The zero-order valence-corrected chi connectivity index (χ0v) is 11.2. The van der Waals surface area contributed by atoms with E-state index in [2.05, 4.69) is 62.8 Å². The van der Waals surface area contributed by atoms with Crippen LogP contribution < -0.4 is 10.2 Å². The molecule has 1 aromatic rings. The normalized spacial score (nSPS) is 16.2. The van der Waals surface area contributed by atoms with Crippen molar-refractivity contribution in [1.29, 1.82) is 0 Å². The number of para-hydroxylation sites is 1. The molecule has 1 aromatic carbocycles. The Morgan fingerprint density at radius 2 is 1.71 bits per heavy atom. The average molecular weight is 230 g/mol. The average Bonchev–Trinajstić information content (AvgIpc) is 2.80. The highest BCUT2D eigenvalue weighted by Gasteiger charge is 2.22. The van der Waals surface area contributed by atoms with Crippen LogP contribution in [0, 0.1) is 6.67 Å². The summed E-state index contributed by atoms with van der Waals surface area (Å²) >= 11 is 0. The summed E-state index contributed by atoms with van der Waals surface area (Å²) < 4.78 is 0. The SMILES string of the molecule is CC(C)c1cccc(C(C)C)c1N1[C]NCC1. The zero-order chi connectivity index (χ0) is 12.4. The van der Waals surface area contributed by atoms with Crippen LogP contribution in [-0.2, 0) is 0 Å². The molecule has 1 saturated heterocycles. The van der Waals surface area contributed by atoms with Crippen molar-refractivity contribution < 1.29 is 0 Å². The summed E-state index contributed by atoms with van der Waals surface area (Å²) in [6.45, 7) is 14.3. The zero-order valence-electron chi connectivity index (χ0n) is 11.2. The molecule has 1 fully saturated rings. The summed E-state index contributed by atoms with van der Waals surface area (Å²) in [5.74, 6) is 1.09. The second-order valence-electron chi connectivity index (χ2n) is 5.28. The van der Waals surface area contributed by atoms with E-state index in [1.54, 1.807) is 0 Å². The first-order valence-electron chi connectivity index (χ1n) is 6.50. The Bertz CT molecular complexity index is 350. The molecule has 17 heavy (non-hydrogen) atoms. The first kappa shape index (κ1) is 12.4. The standard InChI is InChI=1S/C15H22N2/c1-11(2)13-6-5-7-14(12(3)4)15(13)17-9-8-16-10-17/h5-7,11-12,16H,8-9H2,1-4H3. The van der Waals surface area contributed by atoms with Crippen LogP contribution in [0.4, 0.5) is 5.69 Å². The topological polar surface area (TPSA) is 15.3 Å². The van der Waals surface area contributed by atoms with Gasteiger partial charge < -0.3 is 4.90 Å². The predicted octanol–water partition coefficient (Wildman–Crippen LogP) is 3.34. The molecule has 92 valence electrons. The summed E-state index contributed by atoms with van der Waals surface area (Å²) in [5, 5.41) is 3.18. The second-order valence-corrected chi connectivity index (χ2v) is 5.28. The van der Waals surface area contributed by atoms with Gasteiger partial charge in [-0.05, 0) is 23.0 Å². The summed E-state index contributed by atoms with van der Waals surface area (Å²) in [6.07, 6.45) is 0. The van der Waals surface area contributed by atoms with Crippen molar-refractivity contribution in [2.75, 3.05) is 18.0 Å². The molecule has 0 aromatic heterocycles. The smallest absolute Gasteiger partial charge is 0.174 e. The van der Waals surface area contributed by atoms with Crippen molar-refractivity contribution in [1.82, 2.24) is 5.32 Å². The number of nitrogens with zero attached hydrogens (tertiary/aromatic N) is 1. The number of hydrogen-bond acceptors (Lipinski definition) is 2. The number of hydrogen-bond donors (Lipinski definition) is 1. The molecule has 2 radical (unpaired) electrons. The van der Waals surface area contributed by atoms with Crippen molar-refractivity contribution in [3.05, 3.63) is 36.0 Å². The van der Waals surface area contributed by atoms with Gasteiger partial charge in [0.25, 0.3) is 0 Å². The van der Waals surface area contributed by atoms with Gasteiger partial charge in [-0.15, -0.1) is 0 Å². The van der Waals surface area contributed by atoms with E-state index < -0.39 is 0 Å². The molecule has 2 nitrogen and oxygen atoms in total. The van der Waals surface area contributed by atoms with E-state index in [0.29, 0.717) is 11.8 Å². The maximum absolute atomic E-state index is 3.25. The third kappa shape index (κ3) is 2.47. The van der Waals surface area contributed by atoms with Crippen molar-refractivity contribution in [2.24, 2.45) is 0 Å². The van der Waals surface area contributed by atoms with Crippen LogP contribution in [0.25, 0.3) is 0 Å². The molecule has 0 aliphatic carbocycles. The van der Waals surface area contributed by atoms with Crippen LogP contribution in [0.5, 0.6) is 0 Å². The molecule has 2 rings (SSSR count). The predicted molar refractivity (Wildman–Crippen MR) is 73.2 cm³/mol. The monoisotopic (exact) mass is 230 g/mol. The Morgan fingerprint density at radius 1 is 1.12 bits per heavy atom. The van der Waals surface area contributed by atoms with Gasteiger partial charge in [0.05, 0.1) is 0 Å². The Hall–Kier alpha value is -1.02. The van der Waals surface area contributed by atoms with Crippen LogP contribution >= 0.6 is 0 Å². The fourth-order valence-electron chi connectivity index (χ4n) is 2.37. The Labute approximate surface area is 105 Å². The molecule has 1 heterocycles. The molecular formula is C15H22N2. The molecule has 0 bridgehead atoms. The lowest BCUT2D eigenvalue weighted by molar-refractivity contribution is 0.818. The van der Waals surface area contributed by atoms with Gasteiger partial charge >= 0.3 is 0 Å². The van der Waals surface area contributed by atoms with Crippen molar-refractivity contribution in [3.8, 4) is 0 Å². The van der Waals surface area contributed by atoms with Gasteiger partial charge in [0.1, 0.15) is 0 Å². The summed E-state index contributed by atoms with van der Waals surface area (Å²) in [5.41, 5.74) is 4.21. The first-order valence-corrected chi connectivity index (χ1v) is 6.50. The Kier molecular flexibility index (Phi) is 3.72. The van der Waals surface area contributed by atoms with Crippen molar-refractivity contribution in [3.63, 3.8) is 0 Å². The lowest BCUT2D eigenvalue weighted by atomic mass is 9.92. The second kappa shape index (κ2) is 5.09. The van der Waals surface area contributed by atoms with E-state index in [9.17, 15) is 0 Å². The maximum Gasteiger partial charge on any atom is 0.174 e. The van der Waals surface area contributed by atoms with Crippen LogP contribution in [0.15, 0.2) is 18.2 Å². The van der Waals surface area contributed by atoms with Crippen molar-refractivity contribution >= 4 is 5.69 Å². The Morgan fingerprint density at radius 3 is 2.12 bits per heavy atom. The highest BCUT2D eigenvalue weighted by Crippen LogP contribution is 2.36. The maximum atomic E-state index is 3.25. The van der Waals surface area contributed by atoms with E-state index in [4.69, 9.17) is 0 Å². The fraction of sp³-hybridized carbons (Fsp3) is 0.533. The van der Waals surface area contributed by atoms with E-state index in [0.717, 1.165) is 13.1 Å². The van der Waals surface area contributed by atoms with E-state index in [-0.39, 0.29) is 0 Å². The highest BCUT2D eigenvalue weighted by atomic mass is 15.3. The minimum Gasteiger partial charge on any atom is -0.345 e. The molecule has 0 spiro atoms. The number of anilines is 1. The van der Waals surface area contributed by atoms with Crippen LogP contribution in [0.1, 0.15) is 50.7 Å². The number of rotatable bonds is 3. The largest absolute Gasteiger partial charge is 0.345 e. The quantitative estimate of drug-likeness (QED) is 0.856. The molecule has 0 atom stereocenters. The fourth-order valence-corrected chi connectivity index (χ4v) is 2.37. The Balaban J connectivity index is 2.49. The molecule has 1 N–H and O–H groups in total. The van der Waals surface area contributed by atoms with Crippen LogP contribution in [0.3, 0.4) is 0 Å². The first-order chi connectivity index (χ1) is 8.11.